The van der Waals surface area contributed by atoms with Crippen LogP contribution in [0.1, 0.15) is 35.2 Å². The minimum absolute atomic E-state index is 0.0624. The van der Waals surface area contributed by atoms with Crippen LogP contribution in [0.15, 0.2) is 46.9 Å². The van der Waals surface area contributed by atoms with Gasteiger partial charge in [0.1, 0.15) is 5.82 Å². The standard InChI is InChI=1S/C22H22BrFN2O2/c1-14(27)15-5-6-21(20(24)12-15)25-7-9-26(10-8-25)22(28)19-13-18(19)16-3-2-4-17(23)11-16/h2-6,11-12,18-19H,7-10,13H2,1H3. The van der Waals surface area contributed by atoms with E-state index in [2.05, 4.69) is 28.1 Å². The topological polar surface area (TPSA) is 40.6 Å². The first-order valence-electron chi connectivity index (χ1n) is 9.53. The summed E-state index contributed by atoms with van der Waals surface area (Å²) in [5.41, 5.74) is 2.08. The Morgan fingerprint density at radius 2 is 1.82 bits per heavy atom. The lowest BCUT2D eigenvalue weighted by atomic mass is 10.1. The van der Waals surface area contributed by atoms with Crippen molar-refractivity contribution >= 4 is 33.3 Å². The monoisotopic (exact) mass is 444 g/mol. The molecule has 2 aromatic carbocycles. The van der Waals surface area contributed by atoms with E-state index in [9.17, 15) is 14.0 Å². The van der Waals surface area contributed by atoms with Gasteiger partial charge in [-0.05, 0) is 55.2 Å². The number of anilines is 1. The molecule has 0 N–H and O–H groups in total. The number of benzene rings is 2. The van der Waals surface area contributed by atoms with E-state index in [1.165, 1.54) is 18.6 Å². The summed E-state index contributed by atoms with van der Waals surface area (Å²) in [6, 6.07) is 12.8. The Morgan fingerprint density at radius 3 is 2.46 bits per heavy atom. The molecular weight excluding hydrogens is 423 g/mol. The fraction of sp³-hybridized carbons (Fsp3) is 0.364. The molecule has 0 radical (unpaired) electrons. The van der Waals surface area contributed by atoms with Crippen LogP contribution in [0, 0.1) is 11.7 Å². The van der Waals surface area contributed by atoms with E-state index in [0.717, 1.165) is 10.9 Å². The maximum atomic E-state index is 14.4. The number of carbonyl (C=O) groups excluding carboxylic acids is 2. The lowest BCUT2D eigenvalue weighted by Crippen LogP contribution is -2.49. The number of rotatable bonds is 4. The third-order valence-corrected chi connectivity index (χ3v) is 6.16. The molecule has 6 heteroatoms. The van der Waals surface area contributed by atoms with E-state index in [-0.39, 0.29) is 23.4 Å². The van der Waals surface area contributed by atoms with Crippen LogP contribution in [0.2, 0.25) is 0 Å². The predicted molar refractivity (Wildman–Crippen MR) is 110 cm³/mol. The van der Waals surface area contributed by atoms with Gasteiger partial charge in [-0.2, -0.15) is 0 Å². The molecule has 1 saturated heterocycles. The summed E-state index contributed by atoms with van der Waals surface area (Å²) in [7, 11) is 0. The van der Waals surface area contributed by atoms with Gasteiger partial charge in [0.25, 0.3) is 0 Å². The van der Waals surface area contributed by atoms with Crippen molar-refractivity contribution in [2.45, 2.75) is 19.3 Å². The summed E-state index contributed by atoms with van der Waals surface area (Å²) in [4.78, 5) is 28.1. The summed E-state index contributed by atoms with van der Waals surface area (Å²) < 4.78 is 15.4. The van der Waals surface area contributed by atoms with Crippen LogP contribution < -0.4 is 4.90 Å². The number of nitrogens with zero attached hydrogens (tertiary/aromatic N) is 2. The van der Waals surface area contributed by atoms with Gasteiger partial charge in [0.15, 0.2) is 5.78 Å². The summed E-state index contributed by atoms with van der Waals surface area (Å²) >= 11 is 3.49. The first-order chi connectivity index (χ1) is 13.4. The van der Waals surface area contributed by atoms with Crippen molar-refractivity contribution in [3.8, 4) is 0 Å². The van der Waals surface area contributed by atoms with Crippen molar-refractivity contribution in [3.05, 3.63) is 63.9 Å². The number of amides is 1. The SMILES string of the molecule is CC(=O)c1ccc(N2CCN(C(=O)C3CC3c3cccc(Br)c3)CC2)c(F)c1. The van der Waals surface area contributed by atoms with Crippen LogP contribution in [0.25, 0.3) is 0 Å². The van der Waals surface area contributed by atoms with E-state index in [4.69, 9.17) is 0 Å². The zero-order valence-electron chi connectivity index (χ0n) is 15.7. The molecule has 2 aromatic rings. The van der Waals surface area contributed by atoms with Crippen LogP contribution in [-0.2, 0) is 4.79 Å². The Morgan fingerprint density at radius 1 is 1.07 bits per heavy atom. The molecule has 1 heterocycles. The van der Waals surface area contributed by atoms with Gasteiger partial charge in [0.2, 0.25) is 5.91 Å². The second kappa shape index (κ2) is 7.66. The molecule has 146 valence electrons. The highest BCUT2D eigenvalue weighted by Crippen LogP contribution is 2.49. The average molecular weight is 445 g/mol. The summed E-state index contributed by atoms with van der Waals surface area (Å²) in [6.07, 6.45) is 0.899. The Balaban J connectivity index is 1.36. The molecule has 2 fully saturated rings. The molecule has 4 rings (SSSR count). The molecule has 2 unspecified atom stereocenters. The fourth-order valence-corrected chi connectivity index (χ4v) is 4.38. The van der Waals surface area contributed by atoms with E-state index in [1.807, 2.05) is 21.9 Å². The largest absolute Gasteiger partial charge is 0.366 e. The predicted octanol–water partition coefficient (Wildman–Crippen LogP) is 4.24. The first-order valence-corrected chi connectivity index (χ1v) is 10.3. The third-order valence-electron chi connectivity index (χ3n) is 5.67. The molecular formula is C22H22BrFN2O2. The second-order valence-corrected chi connectivity index (χ2v) is 8.45. The van der Waals surface area contributed by atoms with Gasteiger partial charge >= 0.3 is 0 Å². The van der Waals surface area contributed by atoms with Crippen molar-refractivity contribution in [2.24, 2.45) is 5.92 Å². The van der Waals surface area contributed by atoms with Gasteiger partial charge < -0.3 is 9.80 Å². The quantitative estimate of drug-likeness (QED) is 0.662. The maximum absolute atomic E-state index is 14.4. The van der Waals surface area contributed by atoms with Crippen LogP contribution in [0.5, 0.6) is 0 Å². The van der Waals surface area contributed by atoms with Crippen molar-refractivity contribution in [1.29, 1.82) is 0 Å². The Labute approximate surface area is 172 Å². The van der Waals surface area contributed by atoms with Gasteiger partial charge in [-0.25, -0.2) is 4.39 Å². The van der Waals surface area contributed by atoms with Crippen LogP contribution in [0.4, 0.5) is 10.1 Å². The molecule has 2 atom stereocenters. The van der Waals surface area contributed by atoms with E-state index >= 15 is 0 Å². The van der Waals surface area contributed by atoms with Gasteiger partial charge in [0.05, 0.1) is 5.69 Å². The van der Waals surface area contributed by atoms with E-state index in [0.29, 0.717) is 43.3 Å². The smallest absolute Gasteiger partial charge is 0.226 e. The van der Waals surface area contributed by atoms with Crippen LogP contribution in [-0.4, -0.2) is 42.8 Å². The second-order valence-electron chi connectivity index (χ2n) is 7.54. The first kappa shape index (κ1) is 19.1. The molecule has 1 amide bonds. The molecule has 0 spiro atoms. The summed E-state index contributed by atoms with van der Waals surface area (Å²) in [5, 5.41) is 0. The van der Waals surface area contributed by atoms with Crippen molar-refractivity contribution in [2.75, 3.05) is 31.1 Å². The number of piperazine rings is 1. The zero-order valence-corrected chi connectivity index (χ0v) is 17.3. The third kappa shape index (κ3) is 3.83. The lowest BCUT2D eigenvalue weighted by molar-refractivity contribution is -0.133. The Bertz CT molecular complexity index is 925. The average Bonchev–Trinajstić information content (AvgIpc) is 3.48. The number of hydrogen-bond acceptors (Lipinski definition) is 3. The minimum Gasteiger partial charge on any atom is -0.366 e. The molecule has 4 nitrogen and oxygen atoms in total. The summed E-state index contributed by atoms with van der Waals surface area (Å²) in [5.74, 6) is 0.0405. The van der Waals surface area contributed by atoms with Gasteiger partial charge in [-0.3, -0.25) is 9.59 Å². The van der Waals surface area contributed by atoms with E-state index < -0.39 is 0 Å². The number of Topliss-reactive ketones (excluding diaryl/α,β-unsaturated/α-hetero) is 1. The summed E-state index contributed by atoms with van der Waals surface area (Å²) in [6.45, 7) is 3.80. The zero-order chi connectivity index (χ0) is 19.8. The molecule has 1 aliphatic heterocycles. The van der Waals surface area contributed by atoms with Gasteiger partial charge in [-0.15, -0.1) is 0 Å². The van der Waals surface area contributed by atoms with Crippen LogP contribution in [0.3, 0.4) is 0 Å². The molecule has 0 aromatic heterocycles. The number of ketones is 1. The molecule has 2 aliphatic rings. The highest BCUT2D eigenvalue weighted by Gasteiger charge is 2.46. The van der Waals surface area contributed by atoms with Crippen molar-refractivity contribution in [1.82, 2.24) is 4.90 Å². The highest BCUT2D eigenvalue weighted by atomic mass is 79.9. The normalized spacial score (nSPS) is 21.5. The number of hydrogen-bond donors (Lipinski definition) is 0. The number of halogens is 2. The van der Waals surface area contributed by atoms with Gasteiger partial charge in [-0.1, -0.05) is 28.1 Å². The number of carbonyl (C=O) groups is 2. The van der Waals surface area contributed by atoms with Gasteiger partial charge in [0, 0.05) is 42.1 Å². The molecule has 1 saturated carbocycles. The van der Waals surface area contributed by atoms with Crippen molar-refractivity contribution < 1.29 is 14.0 Å². The molecule has 1 aliphatic carbocycles. The van der Waals surface area contributed by atoms with Crippen LogP contribution >= 0.6 is 15.9 Å². The molecule has 28 heavy (non-hydrogen) atoms. The van der Waals surface area contributed by atoms with E-state index in [1.54, 1.807) is 12.1 Å². The Kier molecular flexibility index (Phi) is 5.23. The Hall–Kier alpha value is -2.21. The fourth-order valence-electron chi connectivity index (χ4n) is 3.96. The van der Waals surface area contributed by atoms with Crippen molar-refractivity contribution in [3.63, 3.8) is 0 Å². The highest BCUT2D eigenvalue weighted by molar-refractivity contribution is 9.10. The minimum atomic E-state index is -0.385. The molecule has 0 bridgehead atoms. The lowest BCUT2D eigenvalue weighted by Gasteiger charge is -2.36. The maximum Gasteiger partial charge on any atom is 0.226 e.